The van der Waals surface area contributed by atoms with Gasteiger partial charge in [0, 0.05) is 17.9 Å². The summed E-state index contributed by atoms with van der Waals surface area (Å²) in [5.74, 6) is -0.556. The molecule has 2 rings (SSSR count). The fourth-order valence-corrected chi connectivity index (χ4v) is 1.91. The Hall–Kier alpha value is -2.50. The van der Waals surface area contributed by atoms with Crippen LogP contribution in [-0.4, -0.2) is 41.1 Å². The average Bonchev–Trinajstić information content (AvgIpc) is 3.12. The van der Waals surface area contributed by atoms with Crippen LogP contribution in [0.1, 0.15) is 5.69 Å². The van der Waals surface area contributed by atoms with E-state index in [1.807, 2.05) is 0 Å². The summed E-state index contributed by atoms with van der Waals surface area (Å²) in [4.78, 5) is 25.3. The summed E-state index contributed by atoms with van der Waals surface area (Å²) in [6, 6.07) is 0. The van der Waals surface area contributed by atoms with Gasteiger partial charge in [0.05, 0.1) is 19.3 Å². The first-order chi connectivity index (χ1) is 10.6. The molecule has 2 aromatic rings. The highest BCUT2D eigenvalue weighted by Gasteiger charge is 2.16. The normalized spacial score (nSPS) is 10.6. The number of aromatic nitrogens is 5. The predicted octanol–water partition coefficient (Wildman–Crippen LogP) is 0.317. The number of aryl methyl sites for hydroxylation is 1. The van der Waals surface area contributed by atoms with Gasteiger partial charge in [0.2, 0.25) is 0 Å². The monoisotopic (exact) mass is 329 g/mol. The first-order valence-corrected chi connectivity index (χ1v) is 7.03. The molecule has 0 saturated carbocycles. The molecule has 0 saturated heterocycles. The van der Waals surface area contributed by atoms with Gasteiger partial charge >= 0.3 is 5.95 Å². The summed E-state index contributed by atoms with van der Waals surface area (Å²) in [5.41, 5.74) is 0.511. The molecule has 0 aliphatic heterocycles. The van der Waals surface area contributed by atoms with E-state index in [1.54, 1.807) is 6.20 Å². The zero-order chi connectivity index (χ0) is 15.9. The van der Waals surface area contributed by atoms with Crippen molar-refractivity contribution in [1.82, 2.24) is 29.9 Å². The summed E-state index contributed by atoms with van der Waals surface area (Å²) in [5, 5.41) is 20.8. The SMILES string of the molecule is O=C(Cn1ccnc1[N+](=O)[O-])NCc1cn(CCSF)nn1. The van der Waals surface area contributed by atoms with Gasteiger partial charge in [0.25, 0.3) is 5.91 Å². The lowest BCUT2D eigenvalue weighted by Crippen LogP contribution is -2.27. The molecule has 0 fully saturated rings. The van der Waals surface area contributed by atoms with Crippen molar-refractivity contribution >= 4 is 24.0 Å². The Balaban J connectivity index is 1.83. The van der Waals surface area contributed by atoms with Crippen LogP contribution in [0.15, 0.2) is 18.6 Å². The number of nitrogens with one attached hydrogen (secondary N) is 1. The van der Waals surface area contributed by atoms with Crippen molar-refractivity contribution in [3.05, 3.63) is 34.4 Å². The van der Waals surface area contributed by atoms with E-state index in [0.717, 1.165) is 4.57 Å². The Bertz CT molecular complexity index is 658. The highest BCUT2D eigenvalue weighted by atomic mass is 32.2. The molecule has 0 bridgehead atoms. The Morgan fingerprint density at radius 1 is 1.55 bits per heavy atom. The van der Waals surface area contributed by atoms with Gasteiger partial charge in [-0.3, -0.25) is 9.48 Å². The van der Waals surface area contributed by atoms with Crippen LogP contribution in [0.4, 0.5) is 9.83 Å². The van der Waals surface area contributed by atoms with Crippen LogP contribution >= 0.6 is 12.1 Å². The maximum atomic E-state index is 12.0. The Labute approximate surface area is 128 Å². The lowest BCUT2D eigenvalue weighted by Gasteiger charge is -2.02. The van der Waals surface area contributed by atoms with E-state index in [0.29, 0.717) is 12.2 Å². The summed E-state index contributed by atoms with van der Waals surface area (Å²) < 4.78 is 14.5. The molecule has 0 radical (unpaired) electrons. The third kappa shape index (κ3) is 4.25. The van der Waals surface area contributed by atoms with Crippen molar-refractivity contribution in [3.63, 3.8) is 0 Å². The van der Waals surface area contributed by atoms with Gasteiger partial charge in [-0.05, 0) is 4.92 Å². The maximum Gasteiger partial charge on any atom is 0.435 e. The quantitative estimate of drug-likeness (QED) is 0.546. The standard InChI is InChI=1S/C10H12FN7O3S/c11-22-4-3-17-6-8(14-15-17)5-13-9(19)7-16-2-1-12-10(16)18(20)21/h1-2,6H,3-5,7H2,(H,13,19). The fraction of sp³-hybridized carbons (Fsp3) is 0.400. The number of nitrogens with zero attached hydrogens (tertiary/aromatic N) is 6. The number of imidazole rings is 1. The molecule has 10 nitrogen and oxygen atoms in total. The van der Waals surface area contributed by atoms with E-state index < -0.39 is 16.8 Å². The van der Waals surface area contributed by atoms with Gasteiger partial charge in [-0.1, -0.05) is 10.2 Å². The van der Waals surface area contributed by atoms with Crippen LogP contribution < -0.4 is 5.32 Å². The molecule has 0 unspecified atom stereocenters. The van der Waals surface area contributed by atoms with Gasteiger partial charge in [0.1, 0.15) is 18.1 Å². The third-order valence-corrected chi connectivity index (χ3v) is 2.96. The van der Waals surface area contributed by atoms with Crippen LogP contribution in [0.5, 0.6) is 0 Å². The molecule has 12 heteroatoms. The lowest BCUT2D eigenvalue weighted by atomic mass is 10.4. The van der Waals surface area contributed by atoms with E-state index in [-0.39, 0.29) is 31.0 Å². The average molecular weight is 329 g/mol. The van der Waals surface area contributed by atoms with E-state index in [1.165, 1.54) is 17.1 Å². The number of halogens is 1. The van der Waals surface area contributed by atoms with Gasteiger partial charge in [-0.25, -0.2) is 4.57 Å². The second kappa shape index (κ2) is 7.49. The van der Waals surface area contributed by atoms with E-state index >= 15 is 0 Å². The van der Waals surface area contributed by atoms with Crippen LogP contribution in [-0.2, 0) is 24.4 Å². The van der Waals surface area contributed by atoms with Crippen LogP contribution in [0.2, 0.25) is 0 Å². The summed E-state index contributed by atoms with van der Waals surface area (Å²) in [7, 11) is 0. The molecule has 118 valence electrons. The Kier molecular flexibility index (Phi) is 5.41. The van der Waals surface area contributed by atoms with Crippen molar-refractivity contribution in [3.8, 4) is 0 Å². The molecule has 0 spiro atoms. The third-order valence-electron chi connectivity index (χ3n) is 2.62. The van der Waals surface area contributed by atoms with Gasteiger partial charge in [-0.15, -0.1) is 5.10 Å². The van der Waals surface area contributed by atoms with E-state index in [9.17, 15) is 18.8 Å². The van der Waals surface area contributed by atoms with Gasteiger partial charge in [-0.2, -0.15) is 3.89 Å². The number of nitro groups is 1. The number of carbonyl (C=O) groups excluding carboxylic acids is 1. The minimum Gasteiger partial charge on any atom is -0.390 e. The maximum absolute atomic E-state index is 12.0. The zero-order valence-electron chi connectivity index (χ0n) is 11.3. The Morgan fingerprint density at radius 3 is 3.09 bits per heavy atom. The molecular formula is C10H12FN7O3S. The second-order valence-corrected chi connectivity index (χ2v) is 4.80. The highest BCUT2D eigenvalue weighted by molar-refractivity contribution is 7.94. The number of hydrogen-bond donors (Lipinski definition) is 1. The van der Waals surface area contributed by atoms with Crippen molar-refractivity contribution in [1.29, 1.82) is 0 Å². The molecular weight excluding hydrogens is 317 g/mol. The van der Waals surface area contributed by atoms with Crippen LogP contribution in [0.3, 0.4) is 0 Å². The lowest BCUT2D eigenvalue weighted by molar-refractivity contribution is -0.396. The number of hydrogen-bond acceptors (Lipinski definition) is 7. The molecule has 1 N–H and O–H groups in total. The zero-order valence-corrected chi connectivity index (χ0v) is 12.1. The Morgan fingerprint density at radius 2 is 2.36 bits per heavy atom. The number of amides is 1. The van der Waals surface area contributed by atoms with E-state index in [2.05, 4.69) is 20.6 Å². The predicted molar refractivity (Wildman–Crippen MR) is 74.3 cm³/mol. The minimum atomic E-state index is -0.665. The van der Waals surface area contributed by atoms with Crippen LogP contribution in [0.25, 0.3) is 0 Å². The highest BCUT2D eigenvalue weighted by Crippen LogP contribution is 2.06. The minimum absolute atomic E-state index is 0.129. The largest absolute Gasteiger partial charge is 0.435 e. The number of rotatable bonds is 8. The van der Waals surface area contributed by atoms with Crippen LogP contribution in [0, 0.1) is 10.1 Å². The van der Waals surface area contributed by atoms with Crippen molar-refractivity contribution in [2.45, 2.75) is 19.6 Å². The summed E-state index contributed by atoms with van der Waals surface area (Å²) in [6.07, 6.45) is 4.19. The van der Waals surface area contributed by atoms with E-state index in [4.69, 9.17) is 0 Å². The van der Waals surface area contributed by atoms with Crippen molar-refractivity contribution in [2.24, 2.45) is 0 Å². The molecule has 2 aromatic heterocycles. The van der Waals surface area contributed by atoms with Crippen molar-refractivity contribution in [2.75, 3.05) is 5.75 Å². The summed E-state index contributed by atoms with van der Waals surface area (Å²) >= 11 is 0.208. The molecule has 22 heavy (non-hydrogen) atoms. The second-order valence-electron chi connectivity index (χ2n) is 4.18. The molecule has 2 heterocycles. The molecule has 0 aromatic carbocycles. The first kappa shape index (κ1) is 15.9. The topological polar surface area (TPSA) is 121 Å². The molecule has 0 aliphatic carbocycles. The van der Waals surface area contributed by atoms with Crippen molar-refractivity contribution < 1.29 is 13.6 Å². The summed E-state index contributed by atoms with van der Waals surface area (Å²) in [6.45, 7) is 0.288. The molecule has 0 aliphatic rings. The molecule has 0 atom stereocenters. The smallest absolute Gasteiger partial charge is 0.390 e. The number of carbonyl (C=O) groups is 1. The fourth-order valence-electron chi connectivity index (χ4n) is 1.65. The van der Waals surface area contributed by atoms with Gasteiger partial charge < -0.3 is 15.4 Å². The van der Waals surface area contributed by atoms with Gasteiger partial charge in [0.15, 0.2) is 6.54 Å². The molecule has 1 amide bonds. The first-order valence-electron chi connectivity index (χ1n) is 6.15.